The quantitative estimate of drug-likeness (QED) is 0.863. The van der Waals surface area contributed by atoms with Crippen molar-refractivity contribution in [1.82, 2.24) is 4.98 Å². The molecule has 0 atom stereocenters. The third-order valence-corrected chi connectivity index (χ3v) is 5.58. The number of nitrogens with two attached hydrogens (primary N) is 1. The molecule has 0 radical (unpaired) electrons. The van der Waals surface area contributed by atoms with Crippen molar-refractivity contribution < 1.29 is 0 Å². The summed E-state index contributed by atoms with van der Waals surface area (Å²) in [5.41, 5.74) is 8.53. The van der Waals surface area contributed by atoms with Gasteiger partial charge < -0.3 is 5.73 Å². The molecule has 1 saturated carbocycles. The summed E-state index contributed by atoms with van der Waals surface area (Å²) in [4.78, 5) is 4.80. The fourth-order valence-corrected chi connectivity index (χ4v) is 4.17. The number of aromatic nitrogens is 1. The second-order valence-corrected chi connectivity index (χ2v) is 6.95. The van der Waals surface area contributed by atoms with Crippen molar-refractivity contribution in [2.75, 3.05) is 0 Å². The van der Waals surface area contributed by atoms with Crippen LogP contribution in [0.1, 0.15) is 37.1 Å². The van der Waals surface area contributed by atoms with Gasteiger partial charge in [-0.25, -0.2) is 4.98 Å². The van der Waals surface area contributed by atoms with Crippen molar-refractivity contribution in [3.8, 4) is 11.3 Å². The normalized spacial score (nSPS) is 18.4. The summed E-state index contributed by atoms with van der Waals surface area (Å²) in [6.07, 6.45) is 5.88. The number of nitrogens with zero attached hydrogens (tertiary/aromatic N) is 1. The largest absolute Gasteiger partial charge is 0.319 e. The van der Waals surface area contributed by atoms with Crippen LogP contribution in [0.4, 0.5) is 0 Å². The predicted molar refractivity (Wildman–Crippen MR) is 84.2 cm³/mol. The summed E-state index contributed by atoms with van der Waals surface area (Å²) < 4.78 is 1.08. The number of thiazole rings is 1. The molecule has 1 aliphatic carbocycles. The van der Waals surface area contributed by atoms with Crippen LogP contribution >= 0.6 is 27.3 Å². The second kappa shape index (κ2) is 5.35. The Morgan fingerprint density at radius 1 is 1.16 bits per heavy atom. The smallest absolute Gasteiger partial charge is 0.113 e. The molecule has 1 aromatic heterocycles. The van der Waals surface area contributed by atoms with E-state index >= 15 is 0 Å². The highest BCUT2D eigenvalue weighted by molar-refractivity contribution is 9.10. The lowest BCUT2D eigenvalue weighted by atomic mass is 9.83. The highest BCUT2D eigenvalue weighted by atomic mass is 79.9. The molecule has 2 nitrogen and oxygen atoms in total. The first kappa shape index (κ1) is 13.3. The molecular formula is C15H17BrN2S. The molecule has 4 heteroatoms. The zero-order valence-corrected chi connectivity index (χ0v) is 13.1. The molecule has 2 aromatic rings. The van der Waals surface area contributed by atoms with Crippen molar-refractivity contribution in [1.29, 1.82) is 0 Å². The van der Waals surface area contributed by atoms with Gasteiger partial charge in [-0.05, 0) is 18.9 Å². The maximum absolute atomic E-state index is 6.55. The monoisotopic (exact) mass is 336 g/mol. The number of hydrogen-bond acceptors (Lipinski definition) is 3. The molecule has 19 heavy (non-hydrogen) atoms. The van der Waals surface area contributed by atoms with E-state index in [1.165, 1.54) is 19.3 Å². The Morgan fingerprint density at radius 2 is 1.89 bits per heavy atom. The van der Waals surface area contributed by atoms with Gasteiger partial charge in [0.15, 0.2) is 0 Å². The number of rotatable bonds is 2. The van der Waals surface area contributed by atoms with Gasteiger partial charge in [0.05, 0.1) is 11.2 Å². The molecule has 0 bridgehead atoms. The fourth-order valence-electron chi connectivity index (χ4n) is 2.69. The zero-order chi connectivity index (χ0) is 13.3. The van der Waals surface area contributed by atoms with Gasteiger partial charge in [0.1, 0.15) is 5.01 Å². The maximum atomic E-state index is 6.55. The van der Waals surface area contributed by atoms with Crippen molar-refractivity contribution in [3.63, 3.8) is 0 Å². The molecule has 2 N–H and O–H groups in total. The molecule has 0 aliphatic heterocycles. The van der Waals surface area contributed by atoms with Gasteiger partial charge in [-0.15, -0.1) is 11.3 Å². The van der Waals surface area contributed by atoms with Crippen molar-refractivity contribution in [2.45, 2.75) is 37.6 Å². The fraction of sp³-hybridized carbons (Fsp3) is 0.400. The first-order chi connectivity index (χ1) is 9.19. The summed E-state index contributed by atoms with van der Waals surface area (Å²) in [6, 6.07) is 8.20. The van der Waals surface area contributed by atoms with Crippen LogP contribution in [-0.2, 0) is 5.54 Å². The lowest BCUT2D eigenvalue weighted by molar-refractivity contribution is 0.301. The Labute approximate surface area is 126 Å². The minimum absolute atomic E-state index is 0.192. The highest BCUT2D eigenvalue weighted by Gasteiger charge is 2.32. The molecule has 0 spiro atoms. The van der Waals surface area contributed by atoms with E-state index in [9.17, 15) is 0 Å². The van der Waals surface area contributed by atoms with Crippen LogP contribution < -0.4 is 5.73 Å². The van der Waals surface area contributed by atoms with Crippen LogP contribution in [-0.4, -0.2) is 4.98 Å². The van der Waals surface area contributed by atoms with Crippen LogP contribution in [0.15, 0.2) is 34.1 Å². The highest BCUT2D eigenvalue weighted by Crippen LogP contribution is 2.38. The standard InChI is InChI=1S/C15H17BrN2S/c16-12-7-3-2-6-11(12)13-10-19-14(18-13)15(17)8-4-1-5-9-15/h2-3,6-7,10H,1,4-5,8-9,17H2. The lowest BCUT2D eigenvalue weighted by Crippen LogP contribution is -2.38. The molecule has 1 aliphatic rings. The van der Waals surface area contributed by atoms with Gasteiger partial charge in [-0.2, -0.15) is 0 Å². The second-order valence-electron chi connectivity index (χ2n) is 5.23. The van der Waals surface area contributed by atoms with Gasteiger partial charge in [-0.3, -0.25) is 0 Å². The summed E-state index contributed by atoms with van der Waals surface area (Å²) in [5, 5.41) is 3.22. The van der Waals surface area contributed by atoms with E-state index in [1.54, 1.807) is 11.3 Å². The molecule has 0 amide bonds. The van der Waals surface area contributed by atoms with Crippen LogP contribution in [0.25, 0.3) is 11.3 Å². The Bertz CT molecular complexity index is 573. The molecule has 0 saturated heterocycles. The average Bonchev–Trinajstić information content (AvgIpc) is 2.90. The van der Waals surface area contributed by atoms with Crippen LogP contribution in [0.2, 0.25) is 0 Å². The Morgan fingerprint density at radius 3 is 2.63 bits per heavy atom. The lowest BCUT2D eigenvalue weighted by Gasteiger charge is -2.31. The topological polar surface area (TPSA) is 38.9 Å². The first-order valence-corrected chi connectivity index (χ1v) is 8.36. The molecule has 0 unspecified atom stereocenters. The minimum Gasteiger partial charge on any atom is -0.319 e. The van der Waals surface area contributed by atoms with Crippen molar-refractivity contribution >= 4 is 27.3 Å². The molecule has 100 valence electrons. The number of hydrogen-bond donors (Lipinski definition) is 1. The van der Waals surface area contributed by atoms with Crippen LogP contribution in [0.5, 0.6) is 0 Å². The summed E-state index contributed by atoms with van der Waals surface area (Å²) in [7, 11) is 0. The average molecular weight is 337 g/mol. The number of halogens is 1. The molecule has 1 aromatic carbocycles. The van der Waals surface area contributed by atoms with Gasteiger partial charge >= 0.3 is 0 Å². The Balaban J connectivity index is 1.93. The summed E-state index contributed by atoms with van der Waals surface area (Å²) in [5.74, 6) is 0. The van der Waals surface area contributed by atoms with E-state index in [0.717, 1.165) is 33.6 Å². The third-order valence-electron chi connectivity index (χ3n) is 3.83. The SMILES string of the molecule is NC1(c2nc(-c3ccccc3Br)cs2)CCCCC1. The van der Waals surface area contributed by atoms with Gasteiger partial charge in [-0.1, -0.05) is 53.4 Å². The van der Waals surface area contributed by atoms with Crippen molar-refractivity contribution in [3.05, 3.63) is 39.1 Å². The van der Waals surface area contributed by atoms with Gasteiger partial charge in [0, 0.05) is 15.4 Å². The van der Waals surface area contributed by atoms with E-state index in [0.29, 0.717) is 0 Å². The summed E-state index contributed by atoms with van der Waals surface area (Å²) in [6.45, 7) is 0. The number of benzene rings is 1. The maximum Gasteiger partial charge on any atom is 0.113 e. The molecular weight excluding hydrogens is 320 g/mol. The zero-order valence-electron chi connectivity index (χ0n) is 10.7. The van der Waals surface area contributed by atoms with Crippen molar-refractivity contribution in [2.24, 2.45) is 5.73 Å². The predicted octanol–water partition coefficient (Wildman–Crippen LogP) is 4.69. The van der Waals surface area contributed by atoms with E-state index in [4.69, 9.17) is 10.7 Å². The van der Waals surface area contributed by atoms with E-state index in [-0.39, 0.29) is 5.54 Å². The van der Waals surface area contributed by atoms with E-state index in [2.05, 4.69) is 27.4 Å². The van der Waals surface area contributed by atoms with Gasteiger partial charge in [0.25, 0.3) is 0 Å². The minimum atomic E-state index is -0.192. The molecule has 1 heterocycles. The Hall–Kier alpha value is -0.710. The first-order valence-electron chi connectivity index (χ1n) is 6.69. The Kier molecular flexibility index (Phi) is 3.74. The molecule has 1 fully saturated rings. The van der Waals surface area contributed by atoms with Crippen LogP contribution in [0.3, 0.4) is 0 Å². The summed E-state index contributed by atoms with van der Waals surface area (Å²) >= 11 is 5.29. The van der Waals surface area contributed by atoms with Gasteiger partial charge in [0.2, 0.25) is 0 Å². The third kappa shape index (κ3) is 2.62. The molecule has 3 rings (SSSR count). The van der Waals surface area contributed by atoms with E-state index < -0.39 is 0 Å². The van der Waals surface area contributed by atoms with Crippen LogP contribution in [0, 0.1) is 0 Å². The van der Waals surface area contributed by atoms with E-state index in [1.807, 2.05) is 18.2 Å².